The first kappa shape index (κ1) is 10.4. The molecule has 0 spiro atoms. The molecule has 1 rings (SSSR count). The SMILES string of the molecule is CC(=O)Cc1ccc(NC(C)=O)cc1. The van der Waals surface area contributed by atoms with Gasteiger partial charge in [-0.15, -0.1) is 0 Å². The molecule has 0 aliphatic rings. The van der Waals surface area contributed by atoms with Gasteiger partial charge in [0.05, 0.1) is 0 Å². The summed E-state index contributed by atoms with van der Waals surface area (Å²) >= 11 is 0. The lowest BCUT2D eigenvalue weighted by Gasteiger charge is -2.02. The van der Waals surface area contributed by atoms with Gasteiger partial charge in [0.1, 0.15) is 5.78 Å². The molecule has 0 fully saturated rings. The highest BCUT2D eigenvalue weighted by Crippen LogP contribution is 2.09. The molecular formula is C11H13NO2. The molecule has 1 N–H and O–H groups in total. The zero-order chi connectivity index (χ0) is 10.6. The number of rotatable bonds is 3. The monoisotopic (exact) mass is 191 g/mol. The van der Waals surface area contributed by atoms with Crippen molar-refractivity contribution in [3.8, 4) is 0 Å². The van der Waals surface area contributed by atoms with Crippen molar-refractivity contribution in [2.24, 2.45) is 0 Å². The minimum absolute atomic E-state index is 0.0932. The molecule has 0 unspecified atom stereocenters. The van der Waals surface area contributed by atoms with E-state index in [1.807, 2.05) is 12.1 Å². The highest BCUT2D eigenvalue weighted by molar-refractivity contribution is 5.88. The second-order valence-corrected chi connectivity index (χ2v) is 3.26. The molecule has 0 saturated carbocycles. The number of hydrogen-bond donors (Lipinski definition) is 1. The number of Topliss-reactive ketones (excluding diaryl/α,β-unsaturated/α-hetero) is 1. The summed E-state index contributed by atoms with van der Waals surface area (Å²) in [5.74, 6) is 0.0431. The maximum atomic E-state index is 10.8. The second-order valence-electron chi connectivity index (χ2n) is 3.26. The molecule has 0 aromatic heterocycles. The Bertz CT molecular complexity index is 306. The van der Waals surface area contributed by atoms with Crippen LogP contribution in [0.1, 0.15) is 19.4 Å². The molecule has 1 amide bonds. The van der Waals surface area contributed by atoms with E-state index in [1.165, 1.54) is 6.92 Å². The molecule has 0 aliphatic carbocycles. The lowest BCUT2D eigenvalue weighted by atomic mass is 10.1. The third-order valence-corrected chi connectivity index (χ3v) is 1.73. The van der Waals surface area contributed by atoms with Crippen LogP contribution in [-0.2, 0) is 16.0 Å². The van der Waals surface area contributed by atoms with Crippen LogP contribution in [0.25, 0.3) is 0 Å². The Morgan fingerprint density at radius 1 is 1.14 bits per heavy atom. The van der Waals surface area contributed by atoms with Crippen LogP contribution in [0.2, 0.25) is 0 Å². The fourth-order valence-corrected chi connectivity index (χ4v) is 1.20. The first-order chi connectivity index (χ1) is 6.58. The van der Waals surface area contributed by atoms with Gasteiger partial charge in [-0.1, -0.05) is 12.1 Å². The van der Waals surface area contributed by atoms with E-state index >= 15 is 0 Å². The highest BCUT2D eigenvalue weighted by Gasteiger charge is 1.98. The van der Waals surface area contributed by atoms with Crippen molar-refractivity contribution in [3.05, 3.63) is 29.8 Å². The van der Waals surface area contributed by atoms with E-state index in [4.69, 9.17) is 0 Å². The van der Waals surface area contributed by atoms with Gasteiger partial charge in [0, 0.05) is 19.0 Å². The van der Waals surface area contributed by atoms with Crippen molar-refractivity contribution in [1.29, 1.82) is 0 Å². The fourth-order valence-electron chi connectivity index (χ4n) is 1.20. The lowest BCUT2D eigenvalue weighted by Crippen LogP contribution is -2.05. The zero-order valence-corrected chi connectivity index (χ0v) is 8.33. The van der Waals surface area contributed by atoms with E-state index in [1.54, 1.807) is 19.1 Å². The standard InChI is InChI=1S/C11H13NO2/c1-8(13)7-10-3-5-11(6-4-10)12-9(2)14/h3-6H,7H2,1-2H3,(H,12,14). The topological polar surface area (TPSA) is 46.2 Å². The summed E-state index contributed by atoms with van der Waals surface area (Å²) in [7, 11) is 0. The van der Waals surface area contributed by atoms with Crippen molar-refractivity contribution < 1.29 is 9.59 Å². The van der Waals surface area contributed by atoms with Gasteiger partial charge in [-0.05, 0) is 24.6 Å². The van der Waals surface area contributed by atoms with E-state index < -0.39 is 0 Å². The fraction of sp³-hybridized carbons (Fsp3) is 0.273. The normalized spacial score (nSPS) is 9.57. The number of nitrogens with one attached hydrogen (secondary N) is 1. The van der Waals surface area contributed by atoms with Gasteiger partial charge in [-0.25, -0.2) is 0 Å². The van der Waals surface area contributed by atoms with Crippen LogP contribution in [0.5, 0.6) is 0 Å². The number of benzene rings is 1. The Hall–Kier alpha value is -1.64. The minimum atomic E-state index is -0.0932. The van der Waals surface area contributed by atoms with Gasteiger partial charge >= 0.3 is 0 Å². The van der Waals surface area contributed by atoms with Crippen molar-refractivity contribution in [3.63, 3.8) is 0 Å². The van der Waals surface area contributed by atoms with Gasteiger partial charge in [0.15, 0.2) is 0 Å². The molecule has 0 radical (unpaired) electrons. The van der Waals surface area contributed by atoms with Crippen LogP contribution in [0.4, 0.5) is 5.69 Å². The summed E-state index contributed by atoms with van der Waals surface area (Å²) < 4.78 is 0. The zero-order valence-electron chi connectivity index (χ0n) is 8.33. The van der Waals surface area contributed by atoms with Gasteiger partial charge in [0.25, 0.3) is 0 Å². The van der Waals surface area contributed by atoms with E-state index in [-0.39, 0.29) is 11.7 Å². The Balaban J connectivity index is 2.68. The summed E-state index contributed by atoms with van der Waals surface area (Å²) in [5, 5.41) is 2.66. The molecule has 1 aromatic rings. The van der Waals surface area contributed by atoms with Crippen LogP contribution >= 0.6 is 0 Å². The molecule has 14 heavy (non-hydrogen) atoms. The molecule has 0 aliphatic heterocycles. The first-order valence-electron chi connectivity index (χ1n) is 4.44. The molecule has 3 nitrogen and oxygen atoms in total. The minimum Gasteiger partial charge on any atom is -0.326 e. The largest absolute Gasteiger partial charge is 0.326 e. The Morgan fingerprint density at radius 2 is 1.71 bits per heavy atom. The summed E-state index contributed by atoms with van der Waals surface area (Å²) in [4.78, 5) is 21.5. The molecule has 3 heteroatoms. The third kappa shape index (κ3) is 3.39. The quantitative estimate of drug-likeness (QED) is 0.791. The van der Waals surface area contributed by atoms with Crippen LogP contribution in [0.15, 0.2) is 24.3 Å². The highest BCUT2D eigenvalue weighted by atomic mass is 16.1. The maximum Gasteiger partial charge on any atom is 0.221 e. The molecular weight excluding hydrogens is 178 g/mol. The van der Waals surface area contributed by atoms with Gasteiger partial charge < -0.3 is 5.32 Å². The Labute approximate surface area is 83.1 Å². The molecule has 0 atom stereocenters. The van der Waals surface area contributed by atoms with E-state index in [0.29, 0.717) is 6.42 Å². The van der Waals surface area contributed by atoms with E-state index in [9.17, 15) is 9.59 Å². The lowest BCUT2D eigenvalue weighted by molar-refractivity contribution is -0.116. The smallest absolute Gasteiger partial charge is 0.221 e. The first-order valence-corrected chi connectivity index (χ1v) is 4.44. The second kappa shape index (κ2) is 4.56. The Kier molecular flexibility index (Phi) is 3.40. The summed E-state index contributed by atoms with van der Waals surface area (Å²) in [6.45, 7) is 3.02. The summed E-state index contributed by atoms with van der Waals surface area (Å²) in [6, 6.07) is 7.26. The Morgan fingerprint density at radius 3 is 2.14 bits per heavy atom. The predicted octanol–water partition coefficient (Wildman–Crippen LogP) is 1.78. The van der Waals surface area contributed by atoms with Gasteiger partial charge in [0.2, 0.25) is 5.91 Å². The number of amides is 1. The number of carbonyl (C=O) groups is 2. The van der Waals surface area contributed by atoms with Crippen molar-refractivity contribution in [2.75, 3.05) is 5.32 Å². The molecule has 0 heterocycles. The number of anilines is 1. The van der Waals surface area contributed by atoms with Crippen LogP contribution in [0.3, 0.4) is 0 Å². The number of hydrogen-bond acceptors (Lipinski definition) is 2. The van der Waals surface area contributed by atoms with Crippen molar-refractivity contribution >= 4 is 17.4 Å². The predicted molar refractivity (Wildman–Crippen MR) is 55.1 cm³/mol. The molecule has 0 saturated heterocycles. The summed E-state index contributed by atoms with van der Waals surface area (Å²) in [5.41, 5.74) is 1.72. The molecule has 74 valence electrons. The van der Waals surface area contributed by atoms with Gasteiger partial charge in [-0.2, -0.15) is 0 Å². The van der Waals surface area contributed by atoms with Crippen LogP contribution in [-0.4, -0.2) is 11.7 Å². The van der Waals surface area contributed by atoms with Crippen LogP contribution < -0.4 is 5.32 Å². The maximum absolute atomic E-state index is 10.8. The van der Waals surface area contributed by atoms with E-state index in [0.717, 1.165) is 11.3 Å². The number of carbonyl (C=O) groups excluding carboxylic acids is 2. The van der Waals surface area contributed by atoms with Gasteiger partial charge in [-0.3, -0.25) is 9.59 Å². The van der Waals surface area contributed by atoms with Crippen LogP contribution in [0, 0.1) is 0 Å². The molecule has 0 bridgehead atoms. The average molecular weight is 191 g/mol. The van der Waals surface area contributed by atoms with Crippen molar-refractivity contribution in [1.82, 2.24) is 0 Å². The summed E-state index contributed by atoms with van der Waals surface area (Å²) in [6.07, 6.45) is 0.445. The number of ketones is 1. The third-order valence-electron chi connectivity index (χ3n) is 1.73. The van der Waals surface area contributed by atoms with E-state index in [2.05, 4.69) is 5.32 Å². The molecule has 1 aromatic carbocycles. The van der Waals surface area contributed by atoms with Crippen molar-refractivity contribution in [2.45, 2.75) is 20.3 Å². The average Bonchev–Trinajstić information content (AvgIpc) is 2.06.